The summed E-state index contributed by atoms with van der Waals surface area (Å²) in [6.07, 6.45) is 1.31. The van der Waals surface area contributed by atoms with Crippen molar-refractivity contribution in [2.24, 2.45) is 5.92 Å². The molecule has 15 heavy (non-hydrogen) atoms. The van der Waals surface area contributed by atoms with Crippen molar-refractivity contribution in [2.45, 2.75) is 0 Å². The molecule has 0 atom stereocenters. The third-order valence-electron chi connectivity index (χ3n) is 2.33. The average Bonchev–Trinajstić information content (AvgIpc) is 2.09. The van der Waals surface area contributed by atoms with E-state index in [-0.39, 0.29) is 16.8 Å². The van der Waals surface area contributed by atoms with Gasteiger partial charge in [-0.05, 0) is 0 Å². The Morgan fingerprint density at radius 1 is 1.60 bits per heavy atom. The number of carbonyl (C=O) groups is 1. The molecule has 6 nitrogen and oxygen atoms in total. The van der Waals surface area contributed by atoms with Gasteiger partial charge in [0.2, 0.25) is 0 Å². The number of anilines is 2. The molecule has 2 rings (SSSR count). The number of aromatic nitrogens is 2. The largest absolute Gasteiger partial charge is 0.481 e. The molecule has 2 heterocycles. The molecule has 1 saturated heterocycles. The topological polar surface area (TPSA) is 92.3 Å². The molecular weight excluding hydrogens is 220 g/mol. The lowest BCUT2D eigenvalue weighted by Crippen LogP contribution is -2.51. The van der Waals surface area contributed by atoms with Crippen LogP contribution < -0.4 is 10.6 Å². The van der Waals surface area contributed by atoms with Crippen LogP contribution in [0.25, 0.3) is 0 Å². The smallest absolute Gasteiger partial charge is 0.310 e. The van der Waals surface area contributed by atoms with E-state index in [1.807, 2.05) is 0 Å². The van der Waals surface area contributed by atoms with Gasteiger partial charge in [-0.2, -0.15) is 0 Å². The Labute approximate surface area is 90.7 Å². The monoisotopic (exact) mass is 228 g/mol. The Bertz CT molecular complexity index is 406. The molecule has 0 bridgehead atoms. The van der Waals surface area contributed by atoms with E-state index < -0.39 is 5.97 Å². The predicted molar refractivity (Wildman–Crippen MR) is 54.8 cm³/mol. The van der Waals surface area contributed by atoms with E-state index in [2.05, 4.69) is 9.97 Å². The van der Waals surface area contributed by atoms with Crippen molar-refractivity contribution >= 4 is 29.2 Å². The van der Waals surface area contributed by atoms with Crippen LogP contribution in [-0.4, -0.2) is 34.1 Å². The maximum absolute atomic E-state index is 10.6. The zero-order chi connectivity index (χ0) is 11.0. The number of hydrogen-bond acceptors (Lipinski definition) is 5. The van der Waals surface area contributed by atoms with Crippen LogP contribution in [0.2, 0.25) is 5.02 Å². The summed E-state index contributed by atoms with van der Waals surface area (Å²) in [5.74, 6) is -0.441. The summed E-state index contributed by atoms with van der Waals surface area (Å²) in [6.45, 7) is 0.816. The highest BCUT2D eigenvalue weighted by Gasteiger charge is 2.34. The van der Waals surface area contributed by atoms with E-state index in [0.717, 1.165) is 0 Å². The van der Waals surface area contributed by atoms with E-state index in [9.17, 15) is 4.79 Å². The number of nitrogens with zero attached hydrogens (tertiary/aromatic N) is 3. The second-order valence-electron chi connectivity index (χ2n) is 3.34. The summed E-state index contributed by atoms with van der Waals surface area (Å²) in [5, 5.41) is 8.98. The minimum atomic E-state index is -0.801. The van der Waals surface area contributed by atoms with Crippen molar-refractivity contribution in [3.8, 4) is 0 Å². The summed E-state index contributed by atoms with van der Waals surface area (Å²) >= 11 is 5.89. The van der Waals surface area contributed by atoms with Crippen molar-refractivity contribution in [3.05, 3.63) is 11.3 Å². The van der Waals surface area contributed by atoms with Gasteiger partial charge in [0.25, 0.3) is 0 Å². The van der Waals surface area contributed by atoms with Gasteiger partial charge in [-0.15, -0.1) is 0 Å². The Balaban J connectivity index is 2.13. The molecule has 0 aromatic carbocycles. The van der Waals surface area contributed by atoms with Gasteiger partial charge in [-0.25, -0.2) is 9.97 Å². The Morgan fingerprint density at radius 2 is 2.27 bits per heavy atom. The minimum absolute atomic E-state index is 0.209. The van der Waals surface area contributed by atoms with E-state index in [0.29, 0.717) is 18.9 Å². The summed E-state index contributed by atoms with van der Waals surface area (Å²) in [6, 6.07) is 0. The molecule has 0 unspecified atom stereocenters. The molecule has 1 aliphatic rings. The van der Waals surface area contributed by atoms with Gasteiger partial charge in [-0.3, -0.25) is 4.79 Å². The third kappa shape index (κ3) is 1.68. The first-order valence-electron chi connectivity index (χ1n) is 4.33. The molecule has 0 radical (unpaired) electrons. The van der Waals surface area contributed by atoms with Crippen LogP contribution in [0.4, 0.5) is 11.6 Å². The maximum atomic E-state index is 10.6. The number of hydrogen-bond donors (Lipinski definition) is 2. The molecular formula is C8H9ClN4O2. The van der Waals surface area contributed by atoms with Gasteiger partial charge >= 0.3 is 5.97 Å². The highest BCUT2D eigenvalue weighted by molar-refractivity contribution is 6.35. The first-order valence-corrected chi connectivity index (χ1v) is 4.71. The number of halogens is 1. The molecule has 0 saturated carbocycles. The van der Waals surface area contributed by atoms with Crippen molar-refractivity contribution in [1.82, 2.24) is 9.97 Å². The van der Waals surface area contributed by atoms with Crippen LogP contribution in [0.5, 0.6) is 0 Å². The second-order valence-corrected chi connectivity index (χ2v) is 3.71. The van der Waals surface area contributed by atoms with Gasteiger partial charge in [-0.1, -0.05) is 11.6 Å². The highest BCUT2D eigenvalue weighted by atomic mass is 35.5. The number of nitrogens with two attached hydrogens (primary N) is 1. The fourth-order valence-corrected chi connectivity index (χ4v) is 1.62. The van der Waals surface area contributed by atoms with Gasteiger partial charge in [0.1, 0.15) is 17.2 Å². The zero-order valence-electron chi connectivity index (χ0n) is 7.72. The lowest BCUT2D eigenvalue weighted by atomic mass is 10.0. The average molecular weight is 229 g/mol. The van der Waals surface area contributed by atoms with Crippen LogP contribution in [0, 0.1) is 5.92 Å². The number of carboxylic acid groups (broad SMARTS) is 1. The Kier molecular flexibility index (Phi) is 2.36. The minimum Gasteiger partial charge on any atom is -0.481 e. The lowest BCUT2D eigenvalue weighted by Gasteiger charge is -2.37. The summed E-state index contributed by atoms with van der Waals surface area (Å²) < 4.78 is 0. The normalized spacial score (nSPS) is 16.2. The lowest BCUT2D eigenvalue weighted by molar-refractivity contribution is -0.142. The van der Waals surface area contributed by atoms with Crippen LogP contribution in [0.1, 0.15) is 0 Å². The zero-order valence-corrected chi connectivity index (χ0v) is 8.48. The molecule has 80 valence electrons. The molecule has 0 aliphatic carbocycles. The standard InChI is InChI=1S/C8H9ClN4O2/c9-5-6(10)11-3-12-7(5)13-1-4(2-13)8(14)15/h3-4H,1-2H2,(H,14,15)(H2,10,11,12). The van der Waals surface area contributed by atoms with Crippen LogP contribution in [0.15, 0.2) is 6.33 Å². The SMILES string of the molecule is Nc1ncnc(N2CC(C(=O)O)C2)c1Cl. The molecule has 3 N–H and O–H groups in total. The number of nitrogen functional groups attached to an aromatic ring is 1. The predicted octanol–water partition coefficient (Wildman–Crippen LogP) is 0.233. The van der Waals surface area contributed by atoms with Crippen molar-refractivity contribution in [2.75, 3.05) is 23.7 Å². The molecule has 1 aromatic heterocycles. The molecule has 7 heteroatoms. The highest BCUT2D eigenvalue weighted by Crippen LogP contribution is 2.31. The Hall–Kier alpha value is -1.56. The van der Waals surface area contributed by atoms with E-state index in [1.54, 1.807) is 4.90 Å². The van der Waals surface area contributed by atoms with Crippen LogP contribution in [-0.2, 0) is 4.79 Å². The fraction of sp³-hybridized carbons (Fsp3) is 0.375. The summed E-state index contributed by atoms with van der Waals surface area (Å²) in [5.41, 5.74) is 5.51. The van der Waals surface area contributed by atoms with E-state index in [1.165, 1.54) is 6.33 Å². The van der Waals surface area contributed by atoms with E-state index in [4.69, 9.17) is 22.4 Å². The number of aliphatic carboxylic acids is 1. The van der Waals surface area contributed by atoms with Crippen molar-refractivity contribution in [1.29, 1.82) is 0 Å². The molecule has 1 fully saturated rings. The molecule has 0 spiro atoms. The maximum Gasteiger partial charge on any atom is 0.310 e. The van der Waals surface area contributed by atoms with Crippen LogP contribution in [0.3, 0.4) is 0 Å². The molecule has 1 aliphatic heterocycles. The molecule has 0 amide bonds. The number of carboxylic acids is 1. The number of rotatable bonds is 2. The van der Waals surface area contributed by atoms with E-state index >= 15 is 0 Å². The summed E-state index contributed by atoms with van der Waals surface area (Å²) in [4.78, 5) is 20.0. The van der Waals surface area contributed by atoms with Gasteiger partial charge in [0.05, 0.1) is 5.92 Å². The first-order chi connectivity index (χ1) is 7.09. The van der Waals surface area contributed by atoms with Crippen LogP contribution >= 0.6 is 11.6 Å². The van der Waals surface area contributed by atoms with Gasteiger partial charge in [0.15, 0.2) is 5.82 Å². The second kappa shape index (κ2) is 3.54. The third-order valence-corrected chi connectivity index (χ3v) is 2.69. The molecule has 1 aromatic rings. The van der Waals surface area contributed by atoms with Crippen molar-refractivity contribution in [3.63, 3.8) is 0 Å². The van der Waals surface area contributed by atoms with Crippen molar-refractivity contribution < 1.29 is 9.90 Å². The summed E-state index contributed by atoms with van der Waals surface area (Å²) in [7, 11) is 0. The van der Waals surface area contributed by atoms with Gasteiger partial charge in [0, 0.05) is 13.1 Å². The fourth-order valence-electron chi connectivity index (χ4n) is 1.40. The first kappa shape index (κ1) is 9.97. The van der Waals surface area contributed by atoms with Gasteiger partial charge < -0.3 is 15.7 Å². The Morgan fingerprint density at radius 3 is 2.87 bits per heavy atom. The quantitative estimate of drug-likeness (QED) is 0.753.